The third-order valence-electron chi connectivity index (χ3n) is 1.42. The first-order chi connectivity index (χ1) is 9.89. The highest BCUT2D eigenvalue weighted by molar-refractivity contribution is 7.73. The van der Waals surface area contributed by atoms with Crippen molar-refractivity contribution in [2.45, 2.75) is 12.4 Å². The summed E-state index contributed by atoms with van der Waals surface area (Å²) in [5.74, 6) is -5.90. The van der Waals surface area contributed by atoms with Crippen molar-refractivity contribution >= 4 is 40.6 Å². The molecule has 0 aliphatic carbocycles. The number of carbonyl (C=O) groups excluding carboxylic acids is 2. The van der Waals surface area contributed by atoms with Gasteiger partial charge in [-0.05, 0) is 12.2 Å². The van der Waals surface area contributed by atoms with Crippen molar-refractivity contribution in [2.75, 3.05) is 5.43 Å². The Kier molecular flexibility index (Phi) is 5.30. The Hall–Kier alpha value is -1.94. The van der Waals surface area contributed by atoms with Crippen LogP contribution in [-0.2, 0) is 19.3 Å². The van der Waals surface area contributed by atoms with Gasteiger partial charge < -0.3 is 9.68 Å². The van der Waals surface area contributed by atoms with Crippen LogP contribution < -0.4 is 5.43 Å². The maximum atomic E-state index is 12.0. The van der Waals surface area contributed by atoms with Gasteiger partial charge in [-0.3, -0.25) is 5.10 Å². The summed E-state index contributed by atoms with van der Waals surface area (Å²) in [6.07, 6.45) is -11.1. The zero-order valence-corrected chi connectivity index (χ0v) is 11.2. The van der Waals surface area contributed by atoms with Crippen LogP contribution in [-0.4, -0.2) is 39.8 Å². The molecule has 1 aromatic rings. The molecule has 0 aliphatic heterocycles. The van der Waals surface area contributed by atoms with Crippen LogP contribution in [0, 0.1) is 3.95 Å². The van der Waals surface area contributed by atoms with E-state index in [1.807, 2.05) is 0 Å². The van der Waals surface area contributed by atoms with Crippen LogP contribution in [0.3, 0.4) is 0 Å². The summed E-state index contributed by atoms with van der Waals surface area (Å²) < 4.78 is 72.0. The van der Waals surface area contributed by atoms with Crippen molar-refractivity contribution in [1.82, 2.24) is 15.5 Å². The fourth-order valence-electron chi connectivity index (χ4n) is 0.674. The highest BCUT2D eigenvalue weighted by atomic mass is 32.1. The van der Waals surface area contributed by atoms with Gasteiger partial charge in [0.1, 0.15) is 5.34 Å². The predicted molar refractivity (Wildman–Crippen MR) is 57.1 cm³/mol. The van der Waals surface area contributed by atoms with Gasteiger partial charge >= 0.3 is 24.3 Å². The summed E-state index contributed by atoms with van der Waals surface area (Å²) in [6, 6.07) is 0. The highest BCUT2D eigenvalue weighted by Crippen LogP contribution is 2.21. The zero-order valence-electron chi connectivity index (χ0n) is 9.61. The van der Waals surface area contributed by atoms with Gasteiger partial charge in [-0.1, -0.05) is 11.3 Å². The Balaban J connectivity index is 2.87. The summed E-state index contributed by atoms with van der Waals surface area (Å²) in [5, 5.41) is 4.11. The molecular weight excluding hydrogens is 370 g/mol. The molecule has 0 radical (unpaired) electrons. The summed E-state index contributed by atoms with van der Waals surface area (Å²) in [7, 11) is 0. The Morgan fingerprint density at radius 2 is 1.59 bits per heavy atom. The third kappa shape index (κ3) is 5.45. The number of nitrogens with one attached hydrogen (secondary N) is 2. The number of aromatic amines is 1. The molecule has 0 atom stereocenters. The van der Waals surface area contributed by atoms with Crippen molar-refractivity contribution in [1.29, 1.82) is 0 Å². The summed E-state index contributed by atoms with van der Waals surface area (Å²) >= 11 is 5.08. The molecular formula is C6H2F6N4O4S2. The van der Waals surface area contributed by atoms with Gasteiger partial charge in [0.25, 0.3) is 0 Å². The molecule has 124 valence electrons. The number of nitrogens with zero attached hydrogens (tertiary/aromatic N) is 2. The van der Waals surface area contributed by atoms with Crippen molar-refractivity contribution in [3.63, 3.8) is 0 Å². The molecule has 1 rings (SSSR count). The molecule has 0 fully saturated rings. The zero-order chi connectivity index (χ0) is 17.1. The average molecular weight is 372 g/mol. The number of hydrazine groups is 1. The van der Waals surface area contributed by atoms with Crippen LogP contribution >= 0.6 is 23.6 Å². The van der Waals surface area contributed by atoms with E-state index in [1.165, 1.54) is 0 Å². The van der Waals surface area contributed by atoms with Gasteiger partial charge in [0.05, 0.1) is 0 Å². The van der Waals surface area contributed by atoms with Crippen molar-refractivity contribution in [3.05, 3.63) is 3.95 Å². The number of anilines is 1. The molecule has 1 aromatic heterocycles. The van der Waals surface area contributed by atoms with Gasteiger partial charge in [-0.2, -0.15) is 26.3 Å². The predicted octanol–water partition coefficient (Wildman–Crippen LogP) is 1.87. The SMILES string of the molecule is O=C(ON(Nc1n[nH]c(=S)s1)OC(=O)C(F)(F)F)C(F)(F)F. The lowest BCUT2D eigenvalue weighted by Gasteiger charge is -2.19. The van der Waals surface area contributed by atoms with E-state index in [1.54, 1.807) is 5.43 Å². The first kappa shape index (κ1) is 18.1. The lowest BCUT2D eigenvalue weighted by atomic mass is 10.7. The van der Waals surface area contributed by atoms with Crippen molar-refractivity contribution in [3.8, 4) is 0 Å². The Morgan fingerprint density at radius 3 is 1.91 bits per heavy atom. The lowest BCUT2D eigenvalue weighted by molar-refractivity contribution is -0.339. The number of alkyl halides is 6. The van der Waals surface area contributed by atoms with E-state index in [0.29, 0.717) is 11.3 Å². The fourth-order valence-corrected chi connectivity index (χ4v) is 1.43. The van der Waals surface area contributed by atoms with E-state index in [9.17, 15) is 35.9 Å². The second kappa shape index (κ2) is 6.44. The second-order valence-electron chi connectivity index (χ2n) is 3.04. The molecule has 0 unspecified atom stereocenters. The Bertz CT molecular complexity index is 581. The minimum Gasteiger partial charge on any atom is -0.305 e. The molecule has 0 saturated heterocycles. The van der Waals surface area contributed by atoms with Gasteiger partial charge in [-0.15, -0.1) is 5.10 Å². The summed E-state index contributed by atoms with van der Waals surface area (Å²) in [6.45, 7) is 0. The van der Waals surface area contributed by atoms with E-state index in [2.05, 4.69) is 32.1 Å². The smallest absolute Gasteiger partial charge is 0.305 e. The number of aromatic nitrogens is 2. The van der Waals surface area contributed by atoms with Crippen LogP contribution in [0.1, 0.15) is 0 Å². The number of halogens is 6. The molecule has 22 heavy (non-hydrogen) atoms. The first-order valence-electron chi connectivity index (χ1n) is 4.60. The van der Waals surface area contributed by atoms with E-state index in [-0.39, 0.29) is 3.95 Å². The molecule has 0 aliphatic rings. The third-order valence-corrected chi connectivity index (χ3v) is 2.41. The van der Waals surface area contributed by atoms with Crippen molar-refractivity contribution < 1.29 is 45.6 Å². The molecule has 16 heteroatoms. The van der Waals surface area contributed by atoms with Crippen LogP contribution in [0.25, 0.3) is 0 Å². The Labute approximate surface area is 124 Å². The maximum Gasteiger partial charge on any atom is 0.492 e. The van der Waals surface area contributed by atoms with Gasteiger partial charge in [-0.25, -0.2) is 15.0 Å². The minimum atomic E-state index is -5.55. The van der Waals surface area contributed by atoms with Gasteiger partial charge in [0.15, 0.2) is 3.95 Å². The monoisotopic (exact) mass is 372 g/mol. The summed E-state index contributed by atoms with van der Waals surface area (Å²) in [5.41, 5.74) is 1.56. The highest BCUT2D eigenvalue weighted by Gasteiger charge is 2.46. The van der Waals surface area contributed by atoms with E-state index in [0.717, 1.165) is 0 Å². The fraction of sp³-hybridized carbons (Fsp3) is 0.333. The Morgan fingerprint density at radius 1 is 1.14 bits per heavy atom. The standard InChI is InChI=1S/C6H2F6N4O4S2/c7-5(8,9)1(17)19-16(20-2(18)6(10,11)12)15-3-13-14-4(21)22-3/h(H,13,15)(H,14,21). The van der Waals surface area contributed by atoms with Gasteiger partial charge in [0, 0.05) is 0 Å². The molecule has 8 nitrogen and oxygen atoms in total. The summed E-state index contributed by atoms with van der Waals surface area (Å²) in [4.78, 5) is 28.0. The topological polar surface area (TPSA) is 96.6 Å². The molecule has 2 N–H and O–H groups in total. The number of hydrogen-bond acceptors (Lipinski definition) is 9. The van der Waals surface area contributed by atoms with Crippen molar-refractivity contribution in [2.24, 2.45) is 0 Å². The van der Waals surface area contributed by atoms with Crippen LogP contribution in [0.5, 0.6) is 0 Å². The molecule has 0 amide bonds. The largest absolute Gasteiger partial charge is 0.492 e. The molecule has 1 heterocycles. The second-order valence-corrected chi connectivity index (χ2v) is 4.71. The van der Waals surface area contributed by atoms with E-state index >= 15 is 0 Å². The number of hydrogen-bond donors (Lipinski definition) is 2. The first-order valence-corrected chi connectivity index (χ1v) is 5.82. The average Bonchev–Trinajstić information content (AvgIpc) is 2.72. The number of rotatable bonds is 4. The number of H-pyrrole nitrogens is 1. The maximum absolute atomic E-state index is 12.0. The normalized spacial score (nSPS) is 12.1. The molecule has 0 aromatic carbocycles. The van der Waals surface area contributed by atoms with Gasteiger partial charge in [0.2, 0.25) is 5.13 Å². The minimum absolute atomic E-state index is 0.0215. The van der Waals surface area contributed by atoms with Crippen LogP contribution in [0.15, 0.2) is 0 Å². The van der Waals surface area contributed by atoms with E-state index in [4.69, 9.17) is 0 Å². The van der Waals surface area contributed by atoms with E-state index < -0.39 is 34.8 Å². The van der Waals surface area contributed by atoms with Crippen LogP contribution in [0.2, 0.25) is 0 Å². The molecule has 0 bridgehead atoms. The molecule has 0 saturated carbocycles. The number of carbonyl (C=O) groups is 2. The lowest BCUT2D eigenvalue weighted by Crippen LogP contribution is -2.42. The quantitative estimate of drug-likeness (QED) is 0.470. The molecule has 0 spiro atoms. The van der Waals surface area contributed by atoms with Crippen LogP contribution in [0.4, 0.5) is 31.5 Å².